The second-order valence-electron chi connectivity index (χ2n) is 8.85. The molecule has 3 aliphatic rings. The number of amides is 1. The maximum absolute atomic E-state index is 13.7. The van der Waals surface area contributed by atoms with Gasteiger partial charge in [0.25, 0.3) is 11.5 Å². The number of hydrogen-bond acceptors (Lipinski definition) is 5. The summed E-state index contributed by atoms with van der Waals surface area (Å²) in [6.07, 6.45) is 7.95. The Morgan fingerprint density at radius 3 is 2.65 bits per heavy atom. The average molecular weight is 423 g/mol. The van der Waals surface area contributed by atoms with Crippen molar-refractivity contribution in [3.05, 3.63) is 52.1 Å². The van der Waals surface area contributed by atoms with E-state index in [9.17, 15) is 9.59 Å². The van der Waals surface area contributed by atoms with Crippen molar-refractivity contribution in [2.45, 2.75) is 45.1 Å². The lowest BCUT2D eigenvalue weighted by Gasteiger charge is -2.36. The maximum atomic E-state index is 13.7. The van der Waals surface area contributed by atoms with Crippen LogP contribution in [0.25, 0.3) is 0 Å². The van der Waals surface area contributed by atoms with Crippen molar-refractivity contribution >= 4 is 11.7 Å². The van der Waals surface area contributed by atoms with Crippen LogP contribution in [0.15, 0.2) is 35.3 Å². The predicted molar refractivity (Wildman–Crippen MR) is 119 cm³/mol. The molecule has 7 heteroatoms. The lowest BCUT2D eigenvalue weighted by Crippen LogP contribution is -2.49. The van der Waals surface area contributed by atoms with Crippen molar-refractivity contribution < 1.29 is 9.53 Å². The maximum Gasteiger partial charge on any atom is 0.259 e. The molecule has 7 nitrogen and oxygen atoms in total. The van der Waals surface area contributed by atoms with Gasteiger partial charge in [-0.15, -0.1) is 0 Å². The molecule has 1 saturated heterocycles. The zero-order valence-electron chi connectivity index (χ0n) is 18.0. The van der Waals surface area contributed by atoms with Gasteiger partial charge in [0.1, 0.15) is 17.1 Å². The largest absolute Gasteiger partial charge is 0.492 e. The highest BCUT2D eigenvalue weighted by atomic mass is 16.5. The highest BCUT2D eigenvalue weighted by molar-refractivity contribution is 5.98. The fraction of sp³-hybridized carbons (Fsp3) is 0.542. The molecule has 4 heterocycles. The zero-order chi connectivity index (χ0) is 21.2. The van der Waals surface area contributed by atoms with Gasteiger partial charge in [0.15, 0.2) is 0 Å². The summed E-state index contributed by atoms with van der Waals surface area (Å²) in [6.45, 7) is 4.04. The van der Waals surface area contributed by atoms with Crippen LogP contribution in [-0.2, 0) is 13.0 Å². The van der Waals surface area contributed by atoms with Gasteiger partial charge in [-0.25, -0.2) is 4.98 Å². The molecule has 0 bridgehead atoms. The van der Waals surface area contributed by atoms with E-state index < -0.39 is 0 Å². The Morgan fingerprint density at radius 1 is 1.06 bits per heavy atom. The smallest absolute Gasteiger partial charge is 0.259 e. The lowest BCUT2D eigenvalue weighted by atomic mass is 10.1. The van der Waals surface area contributed by atoms with E-state index in [0.717, 1.165) is 50.3 Å². The summed E-state index contributed by atoms with van der Waals surface area (Å²) in [5, 5.41) is 0. The van der Waals surface area contributed by atoms with Gasteiger partial charge < -0.3 is 19.1 Å². The van der Waals surface area contributed by atoms with E-state index in [0.29, 0.717) is 43.5 Å². The van der Waals surface area contributed by atoms with Crippen LogP contribution in [-0.4, -0.2) is 53.1 Å². The van der Waals surface area contributed by atoms with Crippen LogP contribution < -0.4 is 15.2 Å². The van der Waals surface area contributed by atoms with Gasteiger partial charge in [0.2, 0.25) is 0 Å². The predicted octanol–water partition coefficient (Wildman–Crippen LogP) is 2.72. The molecule has 0 radical (unpaired) electrons. The summed E-state index contributed by atoms with van der Waals surface area (Å²) >= 11 is 0. The molecule has 0 aromatic carbocycles. The fourth-order valence-electron chi connectivity index (χ4n) is 4.59. The molecule has 31 heavy (non-hydrogen) atoms. The third-order valence-electron chi connectivity index (χ3n) is 6.60. The molecule has 1 saturated carbocycles. The first-order valence-corrected chi connectivity index (χ1v) is 11.6. The molecule has 2 aromatic rings. The molecular formula is C24H30N4O3. The van der Waals surface area contributed by atoms with Crippen LogP contribution in [0.3, 0.4) is 0 Å². The van der Waals surface area contributed by atoms with Crippen LogP contribution in [0, 0.1) is 5.92 Å². The minimum atomic E-state index is -0.0424. The van der Waals surface area contributed by atoms with E-state index >= 15 is 0 Å². The first-order valence-electron chi connectivity index (χ1n) is 11.6. The monoisotopic (exact) mass is 422 g/mol. The highest BCUT2D eigenvalue weighted by Gasteiger charge is 2.31. The van der Waals surface area contributed by atoms with Crippen molar-refractivity contribution in [1.29, 1.82) is 0 Å². The summed E-state index contributed by atoms with van der Waals surface area (Å²) in [7, 11) is 0. The van der Waals surface area contributed by atoms with Gasteiger partial charge in [-0.2, -0.15) is 0 Å². The van der Waals surface area contributed by atoms with Crippen LogP contribution >= 0.6 is 0 Å². The molecule has 2 fully saturated rings. The SMILES string of the molecule is O=C(c1c(OCC2CC2)cc(=O)n2c1CCCCC2)N1CCN(c2ccccn2)CC1. The summed E-state index contributed by atoms with van der Waals surface area (Å²) in [4.78, 5) is 35.1. The molecule has 1 amide bonds. The molecule has 164 valence electrons. The van der Waals surface area contributed by atoms with E-state index in [2.05, 4.69) is 9.88 Å². The van der Waals surface area contributed by atoms with Crippen molar-refractivity contribution in [3.63, 3.8) is 0 Å². The Bertz CT molecular complexity index is 992. The minimum absolute atomic E-state index is 0.00267. The molecule has 5 rings (SSSR count). The summed E-state index contributed by atoms with van der Waals surface area (Å²) in [6, 6.07) is 7.45. The van der Waals surface area contributed by atoms with Crippen LogP contribution in [0.4, 0.5) is 5.82 Å². The number of rotatable bonds is 5. The molecule has 2 aromatic heterocycles. The fourth-order valence-corrected chi connectivity index (χ4v) is 4.59. The number of hydrogen-bond donors (Lipinski definition) is 0. The van der Waals surface area contributed by atoms with Crippen LogP contribution in [0.1, 0.15) is 48.2 Å². The van der Waals surface area contributed by atoms with Crippen molar-refractivity contribution in [3.8, 4) is 5.75 Å². The normalized spacial score (nSPS) is 19.0. The Hall–Kier alpha value is -2.83. The van der Waals surface area contributed by atoms with E-state index in [1.165, 1.54) is 12.8 Å². The number of fused-ring (bicyclic) bond motifs is 1. The summed E-state index contributed by atoms with van der Waals surface area (Å²) < 4.78 is 7.88. The number of anilines is 1. The van der Waals surface area contributed by atoms with E-state index in [4.69, 9.17) is 4.74 Å². The molecule has 0 unspecified atom stereocenters. The molecule has 2 aliphatic heterocycles. The number of nitrogens with zero attached hydrogens (tertiary/aromatic N) is 4. The van der Waals surface area contributed by atoms with Crippen LogP contribution in [0.5, 0.6) is 5.75 Å². The molecule has 0 spiro atoms. The summed E-state index contributed by atoms with van der Waals surface area (Å²) in [5.41, 5.74) is 1.45. The number of aromatic nitrogens is 2. The number of carbonyl (C=O) groups excluding carboxylic acids is 1. The molecule has 0 N–H and O–H groups in total. The zero-order valence-corrected chi connectivity index (χ0v) is 18.0. The Morgan fingerprint density at radius 2 is 1.90 bits per heavy atom. The number of piperazine rings is 1. The van der Waals surface area contributed by atoms with Gasteiger partial charge in [-0.1, -0.05) is 12.5 Å². The number of ether oxygens (including phenoxy) is 1. The third kappa shape index (κ3) is 4.31. The van der Waals surface area contributed by atoms with Crippen molar-refractivity contribution in [2.24, 2.45) is 5.92 Å². The second-order valence-corrected chi connectivity index (χ2v) is 8.85. The number of pyridine rings is 2. The lowest BCUT2D eigenvalue weighted by molar-refractivity contribution is 0.0739. The van der Waals surface area contributed by atoms with E-state index in [-0.39, 0.29) is 11.5 Å². The van der Waals surface area contributed by atoms with Crippen molar-refractivity contribution in [2.75, 3.05) is 37.7 Å². The Balaban J connectivity index is 1.41. The topological polar surface area (TPSA) is 67.7 Å². The second kappa shape index (κ2) is 8.73. The van der Waals surface area contributed by atoms with E-state index in [1.807, 2.05) is 27.7 Å². The average Bonchev–Trinajstić information content (AvgIpc) is 3.65. The van der Waals surface area contributed by atoms with E-state index in [1.54, 1.807) is 12.3 Å². The molecule has 0 atom stereocenters. The van der Waals surface area contributed by atoms with Gasteiger partial charge in [0.05, 0.1) is 6.61 Å². The van der Waals surface area contributed by atoms with Gasteiger partial charge in [-0.05, 0) is 50.2 Å². The first kappa shape index (κ1) is 20.1. The minimum Gasteiger partial charge on any atom is -0.492 e. The van der Waals surface area contributed by atoms with Gasteiger partial charge in [0, 0.05) is 50.7 Å². The van der Waals surface area contributed by atoms with Crippen LogP contribution in [0.2, 0.25) is 0 Å². The standard InChI is InChI=1S/C24H30N4O3/c29-22-16-20(31-17-18-8-9-18)23(19-6-2-1-5-11-28(19)22)24(30)27-14-12-26(13-15-27)21-7-3-4-10-25-21/h3-4,7,10,16,18H,1-2,5-6,8-9,11-15,17H2. The van der Waals surface area contributed by atoms with Gasteiger partial charge in [-0.3, -0.25) is 9.59 Å². The first-order chi connectivity index (χ1) is 15.2. The highest BCUT2D eigenvalue weighted by Crippen LogP contribution is 2.32. The summed E-state index contributed by atoms with van der Waals surface area (Å²) in [5.74, 6) is 1.99. The van der Waals surface area contributed by atoms with Gasteiger partial charge >= 0.3 is 0 Å². The van der Waals surface area contributed by atoms with Crippen molar-refractivity contribution in [1.82, 2.24) is 14.5 Å². The third-order valence-corrected chi connectivity index (χ3v) is 6.60. The Kier molecular flexibility index (Phi) is 5.66. The Labute approximate surface area is 182 Å². The molecular weight excluding hydrogens is 392 g/mol. The number of carbonyl (C=O) groups is 1. The quantitative estimate of drug-likeness (QED) is 0.741. The molecule has 1 aliphatic carbocycles.